The van der Waals surface area contributed by atoms with E-state index in [4.69, 9.17) is 4.98 Å². The van der Waals surface area contributed by atoms with Crippen LogP contribution in [-0.2, 0) is 6.54 Å². The Morgan fingerprint density at radius 3 is 2.53 bits per heavy atom. The van der Waals surface area contributed by atoms with Gasteiger partial charge in [-0.2, -0.15) is 0 Å². The van der Waals surface area contributed by atoms with Crippen molar-refractivity contribution in [3.05, 3.63) is 120 Å². The lowest BCUT2D eigenvalue weighted by atomic mass is 10.0. The van der Waals surface area contributed by atoms with E-state index >= 15 is 0 Å². The number of carbonyl (C=O) groups excluding carboxylic acids is 1. The zero-order valence-electron chi connectivity index (χ0n) is 19.0. The first-order valence-electron chi connectivity index (χ1n) is 11.4. The van der Waals surface area contributed by atoms with Crippen molar-refractivity contribution in [2.75, 3.05) is 4.90 Å². The number of nitrogens with zero attached hydrogens (tertiary/aromatic N) is 4. The van der Waals surface area contributed by atoms with Crippen LogP contribution in [0.3, 0.4) is 0 Å². The highest BCUT2D eigenvalue weighted by molar-refractivity contribution is 7.22. The number of benzene rings is 3. The summed E-state index contributed by atoms with van der Waals surface area (Å²) in [5.74, 6) is -0.654. The second-order valence-corrected chi connectivity index (χ2v) is 9.28. The highest BCUT2D eigenvalue weighted by atomic mass is 32.1. The number of para-hydroxylation sites is 2. The van der Waals surface area contributed by atoms with Crippen molar-refractivity contribution in [2.45, 2.75) is 6.54 Å². The molecule has 7 heteroatoms. The number of rotatable bonds is 5. The third-order valence-corrected chi connectivity index (χ3v) is 6.96. The number of anilines is 1. The molecule has 0 bridgehead atoms. The molecular formula is C29H19FN4OS. The van der Waals surface area contributed by atoms with Crippen LogP contribution in [0.5, 0.6) is 0 Å². The quantitative estimate of drug-likeness (QED) is 0.264. The summed E-state index contributed by atoms with van der Waals surface area (Å²) in [5.41, 5.74) is 3.94. The number of carbonyl (C=O) groups is 1. The fourth-order valence-corrected chi connectivity index (χ4v) is 5.15. The number of amides is 1. The van der Waals surface area contributed by atoms with Gasteiger partial charge in [0.15, 0.2) is 5.13 Å². The van der Waals surface area contributed by atoms with Gasteiger partial charge in [0.1, 0.15) is 11.3 Å². The highest BCUT2D eigenvalue weighted by Crippen LogP contribution is 2.33. The maximum absolute atomic E-state index is 14.5. The molecule has 0 atom stereocenters. The molecule has 0 aliphatic carbocycles. The van der Waals surface area contributed by atoms with Crippen molar-refractivity contribution in [1.29, 1.82) is 0 Å². The third-order valence-electron chi connectivity index (χ3n) is 5.91. The maximum atomic E-state index is 14.5. The molecule has 6 aromatic rings. The van der Waals surface area contributed by atoms with Gasteiger partial charge >= 0.3 is 0 Å². The number of fused-ring (bicyclic) bond motifs is 2. The van der Waals surface area contributed by atoms with Gasteiger partial charge in [0.25, 0.3) is 5.91 Å². The third kappa shape index (κ3) is 4.10. The molecule has 0 radical (unpaired) electrons. The van der Waals surface area contributed by atoms with Crippen LogP contribution in [0, 0.1) is 5.82 Å². The minimum absolute atomic E-state index is 0.242. The Hall–Kier alpha value is -4.49. The van der Waals surface area contributed by atoms with Crippen LogP contribution >= 0.6 is 11.3 Å². The Morgan fingerprint density at radius 2 is 1.72 bits per heavy atom. The van der Waals surface area contributed by atoms with Crippen LogP contribution < -0.4 is 4.90 Å². The summed E-state index contributed by atoms with van der Waals surface area (Å²) in [6.07, 6.45) is 3.40. The minimum atomic E-state index is -0.412. The summed E-state index contributed by atoms with van der Waals surface area (Å²) in [5, 5.41) is 1.16. The van der Waals surface area contributed by atoms with Crippen LogP contribution in [0.25, 0.3) is 32.4 Å². The Morgan fingerprint density at radius 1 is 0.889 bits per heavy atom. The second-order valence-electron chi connectivity index (χ2n) is 8.27. The molecule has 0 saturated carbocycles. The Bertz CT molecular complexity index is 1700. The first-order chi connectivity index (χ1) is 17.7. The molecule has 3 heterocycles. The van der Waals surface area contributed by atoms with Gasteiger partial charge < -0.3 is 0 Å². The zero-order chi connectivity index (χ0) is 24.5. The topological polar surface area (TPSA) is 59.0 Å². The van der Waals surface area contributed by atoms with E-state index in [-0.39, 0.29) is 18.0 Å². The largest absolute Gasteiger partial charge is 0.279 e. The molecule has 3 aromatic heterocycles. The molecule has 0 aliphatic heterocycles. The van der Waals surface area contributed by atoms with E-state index in [9.17, 15) is 9.18 Å². The van der Waals surface area contributed by atoms with Crippen LogP contribution in [0.2, 0.25) is 0 Å². The highest BCUT2D eigenvalue weighted by Gasteiger charge is 2.25. The molecule has 1 amide bonds. The number of aromatic nitrogens is 3. The zero-order valence-corrected chi connectivity index (χ0v) is 19.8. The lowest BCUT2D eigenvalue weighted by Gasteiger charge is -2.21. The molecule has 0 saturated heterocycles. The van der Waals surface area contributed by atoms with Gasteiger partial charge in [-0.25, -0.2) is 14.4 Å². The fraction of sp³-hybridized carbons (Fsp3) is 0.0345. The van der Waals surface area contributed by atoms with E-state index in [0.717, 1.165) is 22.0 Å². The molecule has 174 valence electrons. The predicted molar refractivity (Wildman–Crippen MR) is 142 cm³/mol. The smallest absolute Gasteiger partial charge is 0.261 e. The molecular weight excluding hydrogens is 471 g/mol. The van der Waals surface area contributed by atoms with Gasteiger partial charge in [-0.05, 0) is 35.9 Å². The minimum Gasteiger partial charge on any atom is -0.279 e. The standard InChI is InChI=1S/C29H19FN4OS/c30-23-12-6-14-26-27(23)33-29(36-26)34(18-19-8-7-15-31-17-19)28(35)22-16-25(20-9-2-1-3-10-20)32-24-13-5-4-11-21(22)24/h1-17H,18H2. The summed E-state index contributed by atoms with van der Waals surface area (Å²) in [7, 11) is 0. The van der Waals surface area contributed by atoms with Gasteiger partial charge in [-0.1, -0.05) is 72.0 Å². The monoisotopic (exact) mass is 490 g/mol. The van der Waals surface area contributed by atoms with Crippen LogP contribution in [-0.4, -0.2) is 20.9 Å². The van der Waals surface area contributed by atoms with Crippen LogP contribution in [0.4, 0.5) is 9.52 Å². The van der Waals surface area contributed by atoms with E-state index in [1.54, 1.807) is 23.4 Å². The summed E-state index contributed by atoms with van der Waals surface area (Å²) >= 11 is 1.29. The van der Waals surface area contributed by atoms with Crippen LogP contribution in [0.15, 0.2) is 103 Å². The summed E-state index contributed by atoms with van der Waals surface area (Å²) in [6.45, 7) is 0.242. The lowest BCUT2D eigenvalue weighted by Crippen LogP contribution is -2.30. The first kappa shape index (κ1) is 22.0. The average Bonchev–Trinajstić information content (AvgIpc) is 3.37. The molecule has 0 unspecified atom stereocenters. The van der Waals surface area contributed by atoms with Crippen molar-refractivity contribution >= 4 is 43.5 Å². The van der Waals surface area contributed by atoms with Crippen molar-refractivity contribution in [3.63, 3.8) is 0 Å². The average molecular weight is 491 g/mol. The Kier molecular flexibility index (Phi) is 5.67. The normalized spacial score (nSPS) is 11.1. The van der Waals surface area contributed by atoms with Crippen molar-refractivity contribution in [3.8, 4) is 11.3 Å². The Labute approximate surface area is 210 Å². The second kappa shape index (κ2) is 9.28. The van der Waals surface area contributed by atoms with E-state index in [0.29, 0.717) is 21.1 Å². The van der Waals surface area contributed by atoms with Crippen molar-refractivity contribution in [1.82, 2.24) is 15.0 Å². The molecule has 6 rings (SSSR count). The number of halogens is 1. The molecule has 36 heavy (non-hydrogen) atoms. The molecule has 3 aromatic carbocycles. The molecule has 0 N–H and O–H groups in total. The van der Waals surface area contributed by atoms with E-state index in [1.807, 2.05) is 78.9 Å². The predicted octanol–water partition coefficient (Wildman–Crippen LogP) is 6.89. The fourth-order valence-electron chi connectivity index (χ4n) is 4.17. The molecule has 0 fully saturated rings. The van der Waals surface area contributed by atoms with Crippen molar-refractivity contribution in [2.24, 2.45) is 0 Å². The summed E-state index contributed by atoms with van der Waals surface area (Å²) in [6, 6.07) is 27.7. The van der Waals surface area contributed by atoms with Gasteiger partial charge in [-0.15, -0.1) is 0 Å². The van der Waals surface area contributed by atoms with E-state index in [1.165, 1.54) is 17.4 Å². The van der Waals surface area contributed by atoms with Gasteiger partial charge in [0.2, 0.25) is 0 Å². The summed E-state index contributed by atoms with van der Waals surface area (Å²) in [4.78, 5) is 29.4. The van der Waals surface area contributed by atoms with Crippen molar-refractivity contribution < 1.29 is 9.18 Å². The van der Waals surface area contributed by atoms with Crippen LogP contribution in [0.1, 0.15) is 15.9 Å². The molecule has 5 nitrogen and oxygen atoms in total. The first-order valence-corrected chi connectivity index (χ1v) is 12.2. The maximum Gasteiger partial charge on any atom is 0.261 e. The van der Waals surface area contributed by atoms with Gasteiger partial charge in [-0.3, -0.25) is 14.7 Å². The van der Waals surface area contributed by atoms with E-state index < -0.39 is 5.82 Å². The van der Waals surface area contributed by atoms with Gasteiger partial charge in [0, 0.05) is 23.3 Å². The molecule has 0 aliphatic rings. The number of thiazole rings is 1. The number of hydrogen-bond acceptors (Lipinski definition) is 5. The Balaban J connectivity index is 1.53. The molecule has 0 spiro atoms. The lowest BCUT2D eigenvalue weighted by molar-refractivity contribution is 0.0986. The summed E-state index contributed by atoms with van der Waals surface area (Å²) < 4.78 is 15.2. The SMILES string of the molecule is O=C(c1cc(-c2ccccc2)nc2ccccc12)N(Cc1cccnc1)c1nc2c(F)cccc2s1. The van der Waals surface area contributed by atoms with E-state index in [2.05, 4.69) is 9.97 Å². The van der Waals surface area contributed by atoms with Gasteiger partial charge in [0.05, 0.1) is 28.0 Å². The number of pyridine rings is 2. The number of hydrogen-bond donors (Lipinski definition) is 0.